The van der Waals surface area contributed by atoms with Crippen molar-refractivity contribution in [3.63, 3.8) is 0 Å². The Labute approximate surface area is 218 Å². The summed E-state index contributed by atoms with van der Waals surface area (Å²) < 4.78 is 20.3. The molecule has 194 valence electrons. The third-order valence-electron chi connectivity index (χ3n) is 6.71. The second kappa shape index (κ2) is 10.5. The van der Waals surface area contributed by atoms with Gasteiger partial charge in [0.1, 0.15) is 28.7 Å². The maximum absolute atomic E-state index is 13.6. The highest BCUT2D eigenvalue weighted by Gasteiger charge is 2.36. The quantitative estimate of drug-likeness (QED) is 0.501. The Morgan fingerprint density at radius 2 is 1.84 bits per heavy atom. The summed E-state index contributed by atoms with van der Waals surface area (Å²) in [4.78, 5) is 37.8. The van der Waals surface area contributed by atoms with Gasteiger partial charge in [0.05, 0.1) is 35.8 Å². The van der Waals surface area contributed by atoms with Crippen molar-refractivity contribution in [2.45, 2.75) is 37.5 Å². The molecular formula is C26H30N6O4S. The summed E-state index contributed by atoms with van der Waals surface area (Å²) in [6.45, 7) is 5.70. The maximum Gasteiger partial charge on any atom is 0.339 e. The van der Waals surface area contributed by atoms with Gasteiger partial charge in [-0.3, -0.25) is 9.69 Å². The van der Waals surface area contributed by atoms with Crippen molar-refractivity contribution >= 4 is 39.6 Å². The summed E-state index contributed by atoms with van der Waals surface area (Å²) in [7, 11) is -0.318. The highest BCUT2D eigenvalue weighted by Crippen LogP contribution is 2.26. The van der Waals surface area contributed by atoms with Gasteiger partial charge in [0, 0.05) is 25.0 Å². The fourth-order valence-electron chi connectivity index (χ4n) is 4.73. The number of carbonyl (C=O) groups is 2. The molecule has 0 spiro atoms. The number of para-hydroxylation sites is 1. The number of rotatable bonds is 4. The summed E-state index contributed by atoms with van der Waals surface area (Å²) in [5.41, 5.74) is 1.08. The lowest BCUT2D eigenvalue weighted by Gasteiger charge is -2.41. The molecule has 2 bridgehead atoms. The molecule has 3 heterocycles. The normalized spacial score (nSPS) is 21.6. The van der Waals surface area contributed by atoms with Crippen LogP contribution >= 0.6 is 0 Å². The van der Waals surface area contributed by atoms with Crippen LogP contribution in [0.2, 0.25) is 0 Å². The number of anilines is 1. The summed E-state index contributed by atoms with van der Waals surface area (Å²) in [6, 6.07) is 14.0. The standard InChI is InChI=1S/C26H30N6O4S/c1-16(2)23-25(33)29-22-15-32(37(35)20-11-7-5-9-18(20)26(34)36-3)13-12-31(22)14-21-27-19-10-6-4-8-17(19)24(28-21)30-23/h4-11,16,22-23H,12-15H2,1-3H3,(H,29,33)(H,27,28,30)/t22?,23-,37?/m0/s1. The van der Waals surface area contributed by atoms with Crippen LogP contribution in [0, 0.1) is 5.92 Å². The van der Waals surface area contributed by atoms with Crippen LogP contribution in [0.15, 0.2) is 53.4 Å². The molecular weight excluding hydrogens is 492 g/mol. The molecule has 37 heavy (non-hydrogen) atoms. The number of amides is 1. The van der Waals surface area contributed by atoms with E-state index >= 15 is 0 Å². The lowest BCUT2D eigenvalue weighted by Crippen LogP contribution is -2.62. The summed E-state index contributed by atoms with van der Waals surface area (Å²) in [5.74, 6) is 0.594. The van der Waals surface area contributed by atoms with E-state index in [2.05, 4.69) is 15.5 Å². The molecule has 1 saturated heterocycles. The average molecular weight is 523 g/mol. The molecule has 1 fully saturated rings. The number of hydrogen-bond donors (Lipinski definition) is 2. The second-order valence-electron chi connectivity index (χ2n) is 9.49. The number of ether oxygens (including phenoxy) is 1. The van der Waals surface area contributed by atoms with Gasteiger partial charge in [-0.25, -0.2) is 23.3 Å². The predicted octanol–water partition coefficient (Wildman–Crippen LogP) is 2.15. The molecule has 1 amide bonds. The zero-order valence-corrected chi connectivity index (χ0v) is 21.8. The molecule has 2 aliphatic rings. The van der Waals surface area contributed by atoms with Crippen LogP contribution in [0.25, 0.3) is 10.9 Å². The van der Waals surface area contributed by atoms with Gasteiger partial charge in [-0.2, -0.15) is 0 Å². The molecule has 3 atom stereocenters. The van der Waals surface area contributed by atoms with E-state index in [4.69, 9.17) is 14.7 Å². The van der Waals surface area contributed by atoms with E-state index < -0.39 is 29.2 Å². The Morgan fingerprint density at radius 3 is 2.62 bits per heavy atom. The van der Waals surface area contributed by atoms with Crippen molar-refractivity contribution in [2.24, 2.45) is 5.92 Å². The molecule has 0 aliphatic carbocycles. The molecule has 10 nitrogen and oxygen atoms in total. The summed E-state index contributed by atoms with van der Waals surface area (Å²) in [6.07, 6.45) is -0.421. The molecule has 2 unspecified atom stereocenters. The van der Waals surface area contributed by atoms with Gasteiger partial charge in [0.2, 0.25) is 5.91 Å². The van der Waals surface area contributed by atoms with Gasteiger partial charge in [-0.1, -0.05) is 38.1 Å². The number of esters is 1. The summed E-state index contributed by atoms with van der Waals surface area (Å²) >= 11 is 0. The average Bonchev–Trinajstić information content (AvgIpc) is 2.91. The minimum atomic E-state index is -1.62. The molecule has 2 aliphatic heterocycles. The largest absolute Gasteiger partial charge is 0.465 e. The van der Waals surface area contributed by atoms with Gasteiger partial charge in [0.25, 0.3) is 0 Å². The highest BCUT2D eigenvalue weighted by atomic mass is 32.2. The Balaban J connectivity index is 1.47. The van der Waals surface area contributed by atoms with Crippen LogP contribution < -0.4 is 10.6 Å². The Morgan fingerprint density at radius 1 is 1.08 bits per heavy atom. The number of nitrogens with one attached hydrogen (secondary N) is 2. The lowest BCUT2D eigenvalue weighted by molar-refractivity contribution is -0.125. The maximum atomic E-state index is 13.6. The van der Waals surface area contributed by atoms with E-state index in [0.29, 0.717) is 42.7 Å². The SMILES string of the molecule is COC(=O)c1ccccc1S(=O)N1CCN2Cc3nc(c4ccccc4n3)N[C@@H](C(C)C)C(=O)NC2C1. The Kier molecular flexibility index (Phi) is 7.18. The number of nitrogens with zero attached hydrogens (tertiary/aromatic N) is 4. The zero-order chi connectivity index (χ0) is 26.1. The van der Waals surface area contributed by atoms with Crippen molar-refractivity contribution in [2.75, 3.05) is 32.1 Å². The van der Waals surface area contributed by atoms with Gasteiger partial charge >= 0.3 is 5.97 Å². The predicted molar refractivity (Wildman–Crippen MR) is 140 cm³/mol. The molecule has 2 aromatic carbocycles. The van der Waals surface area contributed by atoms with Crippen LogP contribution in [0.3, 0.4) is 0 Å². The fraction of sp³-hybridized carbons (Fsp3) is 0.385. The van der Waals surface area contributed by atoms with E-state index in [1.807, 2.05) is 38.1 Å². The molecule has 3 aromatic rings. The van der Waals surface area contributed by atoms with Gasteiger partial charge in [-0.15, -0.1) is 0 Å². The van der Waals surface area contributed by atoms with Crippen LogP contribution in [0.1, 0.15) is 30.0 Å². The Hall–Kier alpha value is -3.41. The van der Waals surface area contributed by atoms with Crippen molar-refractivity contribution in [1.82, 2.24) is 24.5 Å². The van der Waals surface area contributed by atoms with Crippen molar-refractivity contribution in [3.8, 4) is 0 Å². The third kappa shape index (κ3) is 5.07. The second-order valence-corrected chi connectivity index (χ2v) is 10.9. The monoisotopic (exact) mass is 522 g/mol. The first kappa shape index (κ1) is 25.2. The van der Waals surface area contributed by atoms with Gasteiger partial charge in [-0.05, 0) is 30.2 Å². The molecule has 0 radical (unpaired) electrons. The minimum absolute atomic E-state index is 0.00851. The van der Waals surface area contributed by atoms with E-state index in [1.165, 1.54) is 7.11 Å². The number of benzene rings is 2. The number of fused-ring (bicyclic) bond motifs is 5. The molecule has 11 heteroatoms. The van der Waals surface area contributed by atoms with Crippen molar-refractivity contribution < 1.29 is 18.5 Å². The number of methoxy groups -OCH3 is 1. The highest BCUT2D eigenvalue weighted by molar-refractivity contribution is 7.82. The van der Waals surface area contributed by atoms with Crippen LogP contribution in [-0.2, 0) is 27.1 Å². The van der Waals surface area contributed by atoms with E-state index in [0.717, 1.165) is 10.9 Å². The smallest absolute Gasteiger partial charge is 0.339 e. The topological polar surface area (TPSA) is 117 Å². The first-order valence-corrected chi connectivity index (χ1v) is 13.4. The van der Waals surface area contributed by atoms with Crippen molar-refractivity contribution in [3.05, 3.63) is 59.9 Å². The van der Waals surface area contributed by atoms with E-state index in [1.54, 1.807) is 28.6 Å². The Bertz CT molecular complexity index is 1370. The first-order chi connectivity index (χ1) is 17.9. The van der Waals surface area contributed by atoms with Gasteiger partial charge in [0.15, 0.2) is 0 Å². The van der Waals surface area contributed by atoms with Crippen LogP contribution in [-0.4, -0.2) is 74.2 Å². The number of hydrogen-bond acceptors (Lipinski definition) is 8. The van der Waals surface area contributed by atoms with E-state index in [-0.39, 0.29) is 17.4 Å². The minimum Gasteiger partial charge on any atom is -0.465 e. The van der Waals surface area contributed by atoms with Gasteiger partial charge < -0.3 is 15.4 Å². The van der Waals surface area contributed by atoms with Crippen LogP contribution in [0.5, 0.6) is 0 Å². The number of aromatic nitrogens is 2. The molecule has 5 rings (SSSR count). The summed E-state index contributed by atoms with van der Waals surface area (Å²) in [5, 5.41) is 7.39. The molecule has 0 saturated carbocycles. The number of piperazine rings is 1. The number of carbonyl (C=O) groups excluding carboxylic acids is 2. The lowest BCUT2D eigenvalue weighted by atomic mass is 10.0. The van der Waals surface area contributed by atoms with Crippen LogP contribution in [0.4, 0.5) is 5.82 Å². The first-order valence-electron chi connectivity index (χ1n) is 12.3. The third-order valence-corrected chi connectivity index (χ3v) is 8.25. The zero-order valence-electron chi connectivity index (χ0n) is 21.0. The van der Waals surface area contributed by atoms with Crippen molar-refractivity contribution in [1.29, 1.82) is 0 Å². The molecule has 1 aromatic heterocycles. The molecule has 2 N–H and O–H groups in total. The fourth-order valence-corrected chi connectivity index (χ4v) is 6.07. The van der Waals surface area contributed by atoms with E-state index in [9.17, 15) is 13.8 Å².